The van der Waals surface area contributed by atoms with Gasteiger partial charge in [-0.2, -0.15) is 0 Å². The van der Waals surface area contributed by atoms with Crippen LogP contribution in [0.1, 0.15) is 11.1 Å². The molecule has 0 aliphatic carbocycles. The van der Waals surface area contributed by atoms with Crippen molar-refractivity contribution in [2.75, 3.05) is 5.75 Å². The average molecular weight is 265 g/mol. The Morgan fingerprint density at radius 3 is 2.83 bits per heavy atom. The lowest BCUT2D eigenvalue weighted by atomic mass is 10.0. The lowest BCUT2D eigenvalue weighted by Crippen LogP contribution is -2.51. The van der Waals surface area contributed by atoms with E-state index >= 15 is 0 Å². The van der Waals surface area contributed by atoms with Crippen LogP contribution in [-0.4, -0.2) is 34.0 Å². The summed E-state index contributed by atoms with van der Waals surface area (Å²) in [6.45, 7) is 2.01. The monoisotopic (exact) mass is 265 g/mol. The van der Waals surface area contributed by atoms with Gasteiger partial charge in [0.25, 0.3) is 0 Å². The molecule has 0 saturated carbocycles. The van der Waals surface area contributed by atoms with Crippen LogP contribution in [0.2, 0.25) is 0 Å². The predicted molar refractivity (Wildman–Crippen MR) is 70.7 cm³/mol. The van der Waals surface area contributed by atoms with E-state index in [1.54, 1.807) is 0 Å². The molecule has 4 nitrogen and oxygen atoms in total. The molecular weight excluding hydrogens is 250 g/mol. The fourth-order valence-corrected chi connectivity index (χ4v) is 3.09. The van der Waals surface area contributed by atoms with Crippen LogP contribution in [0.15, 0.2) is 24.3 Å². The number of carbonyl (C=O) groups is 2. The summed E-state index contributed by atoms with van der Waals surface area (Å²) in [7, 11) is 0. The Balaban J connectivity index is 2.02. The number of hydrogen-bond donors (Lipinski definition) is 2. The van der Waals surface area contributed by atoms with Crippen molar-refractivity contribution in [2.24, 2.45) is 0 Å². The van der Waals surface area contributed by atoms with Gasteiger partial charge < -0.3 is 10.4 Å². The van der Waals surface area contributed by atoms with Crippen LogP contribution in [0.3, 0.4) is 0 Å². The van der Waals surface area contributed by atoms with E-state index in [0.29, 0.717) is 12.2 Å². The van der Waals surface area contributed by atoms with Crippen molar-refractivity contribution in [3.8, 4) is 0 Å². The number of carboxylic acid groups (broad SMARTS) is 1. The van der Waals surface area contributed by atoms with E-state index in [0.717, 1.165) is 11.1 Å². The van der Waals surface area contributed by atoms with E-state index in [1.807, 2.05) is 31.2 Å². The number of benzene rings is 1. The molecule has 2 N–H and O–H groups in total. The molecule has 1 aliphatic rings. The normalized spacial score (nSPS) is 23.5. The number of rotatable bonds is 3. The Morgan fingerprint density at radius 2 is 2.22 bits per heavy atom. The van der Waals surface area contributed by atoms with Gasteiger partial charge in [0.1, 0.15) is 6.04 Å². The molecule has 0 aromatic heterocycles. The Labute approximate surface area is 110 Å². The van der Waals surface area contributed by atoms with Crippen molar-refractivity contribution in [3.05, 3.63) is 35.4 Å². The summed E-state index contributed by atoms with van der Waals surface area (Å²) < 4.78 is 0. The quantitative estimate of drug-likeness (QED) is 0.862. The van der Waals surface area contributed by atoms with E-state index in [4.69, 9.17) is 5.11 Å². The molecule has 1 fully saturated rings. The van der Waals surface area contributed by atoms with Crippen LogP contribution in [0.5, 0.6) is 0 Å². The third kappa shape index (κ3) is 2.85. The van der Waals surface area contributed by atoms with Crippen LogP contribution in [0, 0.1) is 6.92 Å². The molecule has 0 spiro atoms. The van der Waals surface area contributed by atoms with Gasteiger partial charge >= 0.3 is 5.97 Å². The predicted octanol–water partition coefficient (Wildman–Crippen LogP) is 1.22. The molecule has 18 heavy (non-hydrogen) atoms. The van der Waals surface area contributed by atoms with Gasteiger partial charge in [0.05, 0.1) is 5.25 Å². The van der Waals surface area contributed by atoms with Gasteiger partial charge in [0.2, 0.25) is 5.91 Å². The first-order valence-corrected chi connectivity index (χ1v) is 6.82. The summed E-state index contributed by atoms with van der Waals surface area (Å²) >= 11 is 1.42. The molecular formula is C13H15NO3S. The highest BCUT2D eigenvalue weighted by Crippen LogP contribution is 2.23. The molecule has 1 aliphatic heterocycles. The van der Waals surface area contributed by atoms with Gasteiger partial charge in [-0.25, -0.2) is 4.79 Å². The first-order valence-electron chi connectivity index (χ1n) is 5.77. The topological polar surface area (TPSA) is 66.4 Å². The van der Waals surface area contributed by atoms with Crippen LogP contribution in [0.4, 0.5) is 0 Å². The van der Waals surface area contributed by atoms with Crippen LogP contribution in [-0.2, 0) is 16.0 Å². The summed E-state index contributed by atoms with van der Waals surface area (Å²) in [5.74, 6) is -0.718. The lowest BCUT2D eigenvalue weighted by Gasteiger charge is -2.26. The molecule has 2 unspecified atom stereocenters. The minimum absolute atomic E-state index is 0.179. The second-order valence-electron chi connectivity index (χ2n) is 4.35. The van der Waals surface area contributed by atoms with E-state index in [9.17, 15) is 9.59 Å². The molecule has 1 amide bonds. The zero-order chi connectivity index (χ0) is 13.1. The summed E-state index contributed by atoms with van der Waals surface area (Å²) in [6, 6.07) is 7.18. The third-order valence-corrected chi connectivity index (χ3v) is 4.35. The number of aliphatic carboxylic acids is 1. The van der Waals surface area contributed by atoms with E-state index in [1.165, 1.54) is 11.8 Å². The molecule has 1 aromatic rings. The highest BCUT2D eigenvalue weighted by molar-refractivity contribution is 8.00. The summed E-state index contributed by atoms with van der Waals surface area (Å²) in [4.78, 5) is 22.6. The molecule has 2 rings (SSSR count). The van der Waals surface area contributed by atoms with E-state index < -0.39 is 12.0 Å². The summed E-state index contributed by atoms with van der Waals surface area (Å²) in [5, 5.41) is 11.2. The highest BCUT2D eigenvalue weighted by Gasteiger charge is 2.32. The second-order valence-corrected chi connectivity index (χ2v) is 5.59. The summed E-state index contributed by atoms with van der Waals surface area (Å²) in [5.41, 5.74) is 2.30. The van der Waals surface area contributed by atoms with Crippen LogP contribution < -0.4 is 5.32 Å². The lowest BCUT2D eigenvalue weighted by molar-refractivity contribution is -0.141. The minimum Gasteiger partial charge on any atom is -0.480 e. The fourth-order valence-electron chi connectivity index (χ4n) is 1.92. The number of thioether (sulfide) groups is 1. The standard InChI is InChI=1S/C13H15NO3S/c1-8-4-2-3-5-9(8)6-11-12(15)14-10(7-18-11)13(16)17/h2-5,10-11H,6-7H2,1H3,(H,14,15)(H,16,17). The molecule has 1 heterocycles. The minimum atomic E-state index is -0.967. The van der Waals surface area contributed by atoms with Crippen molar-refractivity contribution in [3.63, 3.8) is 0 Å². The van der Waals surface area contributed by atoms with Gasteiger partial charge in [-0.05, 0) is 24.5 Å². The number of carbonyl (C=O) groups excluding carboxylic acids is 1. The highest BCUT2D eigenvalue weighted by atomic mass is 32.2. The first-order chi connectivity index (χ1) is 8.58. The van der Waals surface area contributed by atoms with Crippen LogP contribution in [0.25, 0.3) is 0 Å². The number of nitrogens with one attached hydrogen (secondary N) is 1. The number of carboxylic acids is 1. The zero-order valence-corrected chi connectivity index (χ0v) is 10.9. The van der Waals surface area contributed by atoms with Gasteiger partial charge in [0.15, 0.2) is 0 Å². The Morgan fingerprint density at radius 1 is 1.50 bits per heavy atom. The largest absolute Gasteiger partial charge is 0.480 e. The average Bonchev–Trinajstić information content (AvgIpc) is 2.34. The van der Waals surface area contributed by atoms with Gasteiger partial charge in [-0.1, -0.05) is 24.3 Å². The van der Waals surface area contributed by atoms with Gasteiger partial charge in [0, 0.05) is 5.75 Å². The van der Waals surface area contributed by atoms with E-state index in [-0.39, 0.29) is 11.2 Å². The number of aryl methyl sites for hydroxylation is 1. The Kier molecular flexibility index (Phi) is 3.91. The Bertz CT molecular complexity index is 475. The maximum absolute atomic E-state index is 11.8. The Hall–Kier alpha value is -1.49. The van der Waals surface area contributed by atoms with Gasteiger partial charge in [-0.15, -0.1) is 11.8 Å². The second kappa shape index (κ2) is 5.44. The fraction of sp³-hybridized carbons (Fsp3) is 0.385. The maximum Gasteiger partial charge on any atom is 0.327 e. The molecule has 1 saturated heterocycles. The number of hydrogen-bond acceptors (Lipinski definition) is 3. The molecule has 2 atom stereocenters. The van der Waals surface area contributed by atoms with Gasteiger partial charge in [-0.3, -0.25) is 4.79 Å². The van der Waals surface area contributed by atoms with Crippen molar-refractivity contribution in [1.29, 1.82) is 0 Å². The van der Waals surface area contributed by atoms with Crippen LogP contribution >= 0.6 is 11.8 Å². The van der Waals surface area contributed by atoms with E-state index in [2.05, 4.69) is 5.32 Å². The molecule has 0 radical (unpaired) electrons. The molecule has 5 heteroatoms. The van der Waals surface area contributed by atoms with Crippen molar-refractivity contribution < 1.29 is 14.7 Å². The molecule has 0 bridgehead atoms. The first kappa shape index (κ1) is 13.0. The van der Waals surface area contributed by atoms with Crippen molar-refractivity contribution in [2.45, 2.75) is 24.6 Å². The van der Waals surface area contributed by atoms with Crippen molar-refractivity contribution in [1.82, 2.24) is 5.32 Å². The third-order valence-electron chi connectivity index (χ3n) is 3.04. The molecule has 96 valence electrons. The van der Waals surface area contributed by atoms with Crippen molar-refractivity contribution >= 4 is 23.6 Å². The zero-order valence-electron chi connectivity index (χ0n) is 10.1. The molecule has 1 aromatic carbocycles. The summed E-state index contributed by atoms with van der Waals surface area (Å²) in [6.07, 6.45) is 0.648. The number of amides is 1. The maximum atomic E-state index is 11.8. The SMILES string of the molecule is Cc1ccccc1CC1SCC(C(=O)O)NC1=O. The smallest absolute Gasteiger partial charge is 0.327 e.